The van der Waals surface area contributed by atoms with Crippen LogP contribution < -0.4 is 0 Å². The highest BCUT2D eigenvalue weighted by molar-refractivity contribution is 6.01. The summed E-state index contributed by atoms with van der Waals surface area (Å²) in [6, 6.07) is 0. The molecule has 0 unspecified atom stereocenters. The minimum absolute atomic E-state index is 0.0187. The molecule has 0 radical (unpaired) electrons. The monoisotopic (exact) mass is 496 g/mol. The third kappa shape index (κ3) is 3.13. The number of fused-ring (bicyclic) bond motifs is 7. The van der Waals surface area contributed by atoms with Gasteiger partial charge in [0.1, 0.15) is 0 Å². The molecule has 5 nitrogen and oxygen atoms in total. The van der Waals surface area contributed by atoms with Crippen LogP contribution in [0.2, 0.25) is 0 Å². The zero-order valence-corrected chi connectivity index (χ0v) is 23.0. The molecular weight excluding hydrogens is 452 g/mol. The zero-order valence-electron chi connectivity index (χ0n) is 23.0. The van der Waals surface area contributed by atoms with E-state index in [1.807, 2.05) is 13.0 Å². The molecule has 0 saturated heterocycles. The third-order valence-corrected chi connectivity index (χ3v) is 12.0. The second-order valence-electron chi connectivity index (χ2n) is 14.4. The lowest BCUT2D eigenvalue weighted by molar-refractivity contribution is -0.184. The standard InChI is InChI=1S/C31H44O5/c1-18-15-29(5)20-14-22(33)24-21-16-27(2,3)10-12-31(21,26(35)36-7)13-11-28(24,4)19(20)8-9-23(29)30(6,17-32)25(18)34/h14,19,21,23-24,32H,1,8-13,15-17H2,2-7H3/t19-,21+,23-,24+,28+,29-,30-,31+/m1/s1. The van der Waals surface area contributed by atoms with Gasteiger partial charge < -0.3 is 9.84 Å². The van der Waals surface area contributed by atoms with Gasteiger partial charge in [-0.3, -0.25) is 14.4 Å². The number of rotatable bonds is 2. The first-order valence-electron chi connectivity index (χ1n) is 13.9. The molecule has 0 aromatic heterocycles. The van der Waals surface area contributed by atoms with E-state index in [2.05, 4.69) is 34.3 Å². The van der Waals surface area contributed by atoms with Crippen molar-refractivity contribution in [1.82, 2.24) is 0 Å². The van der Waals surface area contributed by atoms with E-state index in [1.54, 1.807) is 0 Å². The molecule has 0 bridgehead atoms. The van der Waals surface area contributed by atoms with Crippen molar-refractivity contribution in [2.24, 2.45) is 50.7 Å². The Morgan fingerprint density at radius 3 is 2.39 bits per heavy atom. The summed E-state index contributed by atoms with van der Waals surface area (Å²) in [5.74, 6) is -0.0208. The number of ether oxygens (including phenoxy) is 1. The van der Waals surface area contributed by atoms with Crippen LogP contribution in [0.25, 0.3) is 0 Å². The summed E-state index contributed by atoms with van der Waals surface area (Å²) in [5.41, 5.74) is -0.237. The Labute approximate surface area is 216 Å². The van der Waals surface area contributed by atoms with Crippen LogP contribution in [0.3, 0.4) is 0 Å². The molecule has 0 amide bonds. The number of esters is 1. The summed E-state index contributed by atoms with van der Waals surface area (Å²) in [5, 5.41) is 10.4. The predicted octanol–water partition coefficient (Wildman–Crippen LogP) is 5.46. The first-order valence-corrected chi connectivity index (χ1v) is 13.9. The summed E-state index contributed by atoms with van der Waals surface area (Å²) >= 11 is 0. The minimum atomic E-state index is -0.864. The molecule has 5 aliphatic carbocycles. The van der Waals surface area contributed by atoms with E-state index in [4.69, 9.17) is 4.74 Å². The van der Waals surface area contributed by atoms with E-state index in [-0.39, 0.29) is 64.1 Å². The maximum absolute atomic E-state index is 14.2. The van der Waals surface area contributed by atoms with Crippen LogP contribution in [0.15, 0.2) is 23.8 Å². The maximum atomic E-state index is 14.2. The molecule has 0 aromatic carbocycles. The highest BCUT2D eigenvalue weighted by Crippen LogP contribution is 2.71. The average molecular weight is 497 g/mol. The number of methoxy groups -OCH3 is 1. The van der Waals surface area contributed by atoms with Crippen molar-refractivity contribution < 1.29 is 24.2 Å². The van der Waals surface area contributed by atoms with E-state index in [9.17, 15) is 19.5 Å². The molecule has 5 aliphatic rings. The van der Waals surface area contributed by atoms with Crippen molar-refractivity contribution in [2.75, 3.05) is 13.7 Å². The molecule has 5 rings (SSSR count). The van der Waals surface area contributed by atoms with E-state index >= 15 is 0 Å². The second-order valence-corrected chi connectivity index (χ2v) is 14.4. The van der Waals surface area contributed by atoms with Crippen molar-refractivity contribution in [1.29, 1.82) is 0 Å². The summed E-state index contributed by atoms with van der Waals surface area (Å²) in [6.45, 7) is 14.8. The largest absolute Gasteiger partial charge is 0.469 e. The Morgan fingerprint density at radius 2 is 1.75 bits per heavy atom. The summed E-state index contributed by atoms with van der Waals surface area (Å²) in [6.07, 6.45) is 8.43. The van der Waals surface area contributed by atoms with Crippen LogP contribution in [0.1, 0.15) is 86.0 Å². The average Bonchev–Trinajstić information content (AvgIpc) is 2.82. The molecule has 8 atom stereocenters. The number of carbonyl (C=O) groups is 3. The number of carbonyl (C=O) groups excluding carboxylic acids is 3. The normalized spacial score (nSPS) is 47.6. The fourth-order valence-corrected chi connectivity index (χ4v) is 10.1. The quantitative estimate of drug-likeness (QED) is 0.406. The molecular formula is C31H44O5. The van der Waals surface area contributed by atoms with Gasteiger partial charge >= 0.3 is 5.97 Å². The van der Waals surface area contributed by atoms with Gasteiger partial charge in [0.05, 0.1) is 24.5 Å². The molecule has 198 valence electrons. The maximum Gasteiger partial charge on any atom is 0.312 e. The van der Waals surface area contributed by atoms with Gasteiger partial charge in [-0.05, 0) is 104 Å². The number of aliphatic hydroxyl groups is 1. The van der Waals surface area contributed by atoms with Gasteiger partial charge in [0.15, 0.2) is 11.6 Å². The van der Waals surface area contributed by atoms with Crippen LogP contribution in [0, 0.1) is 50.7 Å². The Morgan fingerprint density at radius 1 is 1.08 bits per heavy atom. The first kappa shape index (κ1) is 25.9. The zero-order chi connectivity index (χ0) is 26.5. The predicted molar refractivity (Wildman–Crippen MR) is 138 cm³/mol. The van der Waals surface area contributed by atoms with Crippen LogP contribution in [0.5, 0.6) is 0 Å². The topological polar surface area (TPSA) is 80.7 Å². The molecule has 36 heavy (non-hydrogen) atoms. The minimum Gasteiger partial charge on any atom is -0.469 e. The number of Topliss-reactive ketones (excluding diaryl/α,β-unsaturated/α-hetero) is 1. The molecule has 4 fully saturated rings. The SMILES string of the molecule is C=C1C[C@]2(C)C3=CC(=O)[C@@H]4[C@@H]5CC(C)(C)CC[C@]5(C(=O)OC)CC[C@@]4(C)[C@@H]3CC[C@H]2[C@@](C)(CO)C1=O. The molecule has 0 heterocycles. The lowest BCUT2D eigenvalue weighted by Crippen LogP contribution is -2.63. The van der Waals surface area contributed by atoms with Crippen LogP contribution in [-0.4, -0.2) is 36.4 Å². The molecule has 4 saturated carbocycles. The number of allylic oxidation sites excluding steroid dienone is 3. The van der Waals surface area contributed by atoms with Gasteiger partial charge in [0.2, 0.25) is 0 Å². The van der Waals surface area contributed by atoms with Gasteiger partial charge in [-0.25, -0.2) is 0 Å². The smallest absolute Gasteiger partial charge is 0.312 e. The second kappa shape index (κ2) is 7.88. The lowest BCUT2D eigenvalue weighted by atomic mass is 9.37. The van der Waals surface area contributed by atoms with Crippen LogP contribution in [0.4, 0.5) is 0 Å². The van der Waals surface area contributed by atoms with Crippen molar-refractivity contribution in [3.05, 3.63) is 23.8 Å². The van der Waals surface area contributed by atoms with E-state index in [1.165, 1.54) is 7.11 Å². The molecule has 0 aromatic rings. The Hall–Kier alpha value is -1.75. The Kier molecular flexibility index (Phi) is 5.66. The van der Waals surface area contributed by atoms with Crippen molar-refractivity contribution in [3.63, 3.8) is 0 Å². The highest BCUT2D eigenvalue weighted by Gasteiger charge is 2.68. The van der Waals surface area contributed by atoms with Crippen molar-refractivity contribution in [3.8, 4) is 0 Å². The van der Waals surface area contributed by atoms with E-state index in [0.717, 1.165) is 50.5 Å². The number of hydrogen-bond acceptors (Lipinski definition) is 5. The Balaban J connectivity index is 1.63. The van der Waals surface area contributed by atoms with Crippen LogP contribution >= 0.6 is 0 Å². The molecule has 1 N–H and O–H groups in total. The van der Waals surface area contributed by atoms with Gasteiger partial charge in [0.25, 0.3) is 0 Å². The fourth-order valence-electron chi connectivity index (χ4n) is 10.1. The van der Waals surface area contributed by atoms with E-state index in [0.29, 0.717) is 12.0 Å². The molecule has 0 spiro atoms. The number of ketones is 2. The van der Waals surface area contributed by atoms with Crippen molar-refractivity contribution in [2.45, 2.75) is 86.0 Å². The number of aliphatic hydroxyl groups excluding tert-OH is 1. The van der Waals surface area contributed by atoms with Gasteiger partial charge in [-0.15, -0.1) is 0 Å². The lowest BCUT2D eigenvalue weighted by Gasteiger charge is -2.65. The first-order chi connectivity index (χ1) is 16.7. The third-order valence-electron chi connectivity index (χ3n) is 12.0. The summed E-state index contributed by atoms with van der Waals surface area (Å²) in [4.78, 5) is 40.7. The fraction of sp³-hybridized carbons (Fsp3) is 0.774. The van der Waals surface area contributed by atoms with Gasteiger partial charge in [-0.2, -0.15) is 0 Å². The van der Waals surface area contributed by atoms with Crippen LogP contribution in [-0.2, 0) is 19.1 Å². The van der Waals surface area contributed by atoms with Gasteiger partial charge in [0, 0.05) is 5.92 Å². The highest BCUT2D eigenvalue weighted by atomic mass is 16.5. The number of hydrogen-bond donors (Lipinski definition) is 1. The van der Waals surface area contributed by atoms with E-state index < -0.39 is 10.8 Å². The molecule has 0 aliphatic heterocycles. The summed E-state index contributed by atoms with van der Waals surface area (Å²) < 4.78 is 5.39. The van der Waals surface area contributed by atoms with Gasteiger partial charge in [-0.1, -0.05) is 39.8 Å². The van der Waals surface area contributed by atoms with Crippen molar-refractivity contribution >= 4 is 17.5 Å². The summed E-state index contributed by atoms with van der Waals surface area (Å²) in [7, 11) is 1.49. The molecule has 5 heteroatoms. The Bertz CT molecular complexity index is 1070.